The van der Waals surface area contributed by atoms with E-state index in [9.17, 15) is 19.5 Å². The second kappa shape index (κ2) is 10.5. The molecule has 4 rings (SSSR count). The van der Waals surface area contributed by atoms with Crippen molar-refractivity contribution >= 4 is 52.0 Å². The van der Waals surface area contributed by atoms with Crippen LogP contribution < -0.4 is 5.32 Å². The minimum Gasteiger partial charge on any atom is -0.481 e. The van der Waals surface area contributed by atoms with E-state index in [2.05, 4.69) is 5.32 Å². The lowest BCUT2D eigenvalue weighted by Gasteiger charge is -2.38. The topological polar surface area (TPSA) is 106 Å². The zero-order valence-corrected chi connectivity index (χ0v) is 23.2. The summed E-state index contributed by atoms with van der Waals surface area (Å²) in [4.78, 5) is 42.6. The number of carbonyl (C=O) groups excluding carboxylic acids is 2. The molecule has 0 radical (unpaired) electrons. The predicted molar refractivity (Wildman–Crippen MR) is 147 cm³/mol. The first-order valence-corrected chi connectivity index (χ1v) is 13.1. The van der Waals surface area contributed by atoms with Crippen LogP contribution in [-0.2, 0) is 25.5 Å². The molecule has 1 fully saturated rings. The van der Waals surface area contributed by atoms with Crippen LogP contribution in [0.4, 0.5) is 0 Å². The number of aliphatic carboxylic acids is 1. The number of fused-ring (bicyclic) bond motifs is 1. The van der Waals surface area contributed by atoms with Gasteiger partial charge in [-0.25, -0.2) is 9.78 Å². The minimum atomic E-state index is -1.03. The summed E-state index contributed by atoms with van der Waals surface area (Å²) >= 11 is 12.7. The Morgan fingerprint density at radius 1 is 1.11 bits per heavy atom. The molecule has 1 unspecified atom stereocenters. The van der Waals surface area contributed by atoms with Crippen molar-refractivity contribution in [3.05, 3.63) is 64.1 Å². The zero-order valence-electron chi connectivity index (χ0n) is 21.7. The number of ether oxygens (including phenoxy) is 1. The molecular weight excluding hydrogens is 527 g/mol. The summed E-state index contributed by atoms with van der Waals surface area (Å²) in [6.45, 7) is 5.27. The molecule has 38 heavy (non-hydrogen) atoms. The van der Waals surface area contributed by atoms with Gasteiger partial charge in [-0.05, 0) is 61.1 Å². The molecule has 7 nitrogen and oxygen atoms in total. The number of amides is 1. The van der Waals surface area contributed by atoms with Crippen LogP contribution in [0.3, 0.4) is 0 Å². The predicted octanol–water partition coefficient (Wildman–Crippen LogP) is 5.94. The van der Waals surface area contributed by atoms with Crippen molar-refractivity contribution in [2.45, 2.75) is 46.1 Å². The van der Waals surface area contributed by atoms with Crippen molar-refractivity contribution < 1.29 is 24.2 Å². The molecule has 1 saturated carbocycles. The molecule has 3 atom stereocenters. The molecule has 0 saturated heterocycles. The lowest BCUT2D eigenvalue weighted by Crippen LogP contribution is -2.50. The van der Waals surface area contributed by atoms with E-state index in [0.29, 0.717) is 34.1 Å². The van der Waals surface area contributed by atoms with Gasteiger partial charge in [0.05, 0.1) is 33.8 Å². The van der Waals surface area contributed by atoms with Crippen molar-refractivity contribution in [3.63, 3.8) is 0 Å². The molecule has 1 aliphatic carbocycles. The number of methoxy groups -OCH3 is 1. The zero-order chi connectivity index (χ0) is 27.8. The van der Waals surface area contributed by atoms with Gasteiger partial charge >= 0.3 is 11.9 Å². The largest absolute Gasteiger partial charge is 0.481 e. The Hall–Kier alpha value is -3.16. The van der Waals surface area contributed by atoms with Crippen LogP contribution in [0.1, 0.15) is 39.2 Å². The molecule has 0 bridgehead atoms. The average Bonchev–Trinajstić information content (AvgIpc) is 3.12. The third-order valence-electron chi connectivity index (χ3n) is 8.23. The first-order valence-electron chi connectivity index (χ1n) is 12.3. The Balaban J connectivity index is 1.56. The number of rotatable bonds is 7. The fourth-order valence-corrected chi connectivity index (χ4v) is 5.96. The van der Waals surface area contributed by atoms with Gasteiger partial charge in [0.1, 0.15) is 6.04 Å². The van der Waals surface area contributed by atoms with Gasteiger partial charge in [-0.1, -0.05) is 55.2 Å². The number of pyridine rings is 1. The standard InChI is InChI=1S/C29H30Cl2N2O5/c1-28(2)18(12-13-29(28,3)27(36)37)25(34)33-23(26(35)38-4)15-16-8-10-21-17(14-16)9-11-22(32-21)24-19(30)6-5-7-20(24)31/h5-11,14,18,23H,12-13,15H2,1-4H3,(H,33,34)(H,36,37)/t18-,23?,29+/m1/s1. The van der Waals surface area contributed by atoms with Crippen LogP contribution >= 0.6 is 23.2 Å². The number of esters is 1. The monoisotopic (exact) mass is 556 g/mol. The van der Waals surface area contributed by atoms with E-state index in [-0.39, 0.29) is 12.3 Å². The number of carboxylic acids is 1. The molecule has 2 aromatic carbocycles. The van der Waals surface area contributed by atoms with Gasteiger partial charge in [0.15, 0.2) is 0 Å². The molecule has 0 spiro atoms. The maximum Gasteiger partial charge on any atom is 0.328 e. The number of aromatic nitrogens is 1. The number of nitrogens with zero attached hydrogens (tertiary/aromatic N) is 1. The molecule has 200 valence electrons. The van der Waals surface area contributed by atoms with Crippen LogP contribution in [0.25, 0.3) is 22.2 Å². The summed E-state index contributed by atoms with van der Waals surface area (Å²) in [5.41, 5.74) is 1.01. The second-order valence-corrected chi connectivity index (χ2v) is 11.4. The first kappa shape index (κ1) is 27.9. The number of nitrogens with one attached hydrogen (secondary N) is 1. The van der Waals surface area contributed by atoms with Crippen LogP contribution in [-0.4, -0.2) is 41.1 Å². The molecule has 2 N–H and O–H groups in total. The average molecular weight is 557 g/mol. The van der Waals surface area contributed by atoms with Crippen molar-refractivity contribution in [2.75, 3.05) is 7.11 Å². The van der Waals surface area contributed by atoms with Crippen molar-refractivity contribution in [1.82, 2.24) is 10.3 Å². The molecule has 9 heteroatoms. The molecule has 1 amide bonds. The van der Waals surface area contributed by atoms with E-state index in [1.807, 2.05) is 30.3 Å². The Kier molecular flexibility index (Phi) is 7.73. The molecule has 1 aromatic heterocycles. The minimum absolute atomic E-state index is 0.204. The van der Waals surface area contributed by atoms with Gasteiger partial charge in [-0.2, -0.15) is 0 Å². The number of carbonyl (C=O) groups is 3. The van der Waals surface area contributed by atoms with Gasteiger partial charge in [-0.15, -0.1) is 0 Å². The fraction of sp³-hybridized carbons (Fsp3) is 0.379. The Bertz CT molecular complexity index is 1400. The van der Waals surface area contributed by atoms with Crippen LogP contribution in [0.15, 0.2) is 48.5 Å². The van der Waals surface area contributed by atoms with Crippen molar-refractivity contribution in [3.8, 4) is 11.3 Å². The van der Waals surface area contributed by atoms with Crippen LogP contribution in [0, 0.1) is 16.7 Å². The second-order valence-electron chi connectivity index (χ2n) is 10.6. The van der Waals surface area contributed by atoms with Crippen molar-refractivity contribution in [1.29, 1.82) is 0 Å². The summed E-state index contributed by atoms with van der Waals surface area (Å²) < 4.78 is 4.97. The summed E-state index contributed by atoms with van der Waals surface area (Å²) in [5.74, 6) is -2.39. The van der Waals surface area contributed by atoms with E-state index in [1.165, 1.54) is 7.11 Å². The summed E-state index contributed by atoms with van der Waals surface area (Å²) in [5, 5.41) is 14.5. The molecule has 1 aliphatic rings. The molecular formula is C29H30Cl2N2O5. The molecule has 1 heterocycles. The maximum absolute atomic E-state index is 13.3. The van der Waals surface area contributed by atoms with Crippen molar-refractivity contribution in [2.24, 2.45) is 16.7 Å². The fourth-order valence-electron chi connectivity index (χ4n) is 5.37. The molecule has 0 aliphatic heterocycles. The number of carboxylic acid groups (broad SMARTS) is 1. The number of benzene rings is 2. The van der Waals surface area contributed by atoms with Crippen LogP contribution in [0.5, 0.6) is 0 Å². The van der Waals surface area contributed by atoms with E-state index >= 15 is 0 Å². The maximum atomic E-state index is 13.3. The first-order chi connectivity index (χ1) is 17.9. The van der Waals surface area contributed by atoms with Crippen LogP contribution in [0.2, 0.25) is 10.0 Å². The highest BCUT2D eigenvalue weighted by molar-refractivity contribution is 6.39. The third kappa shape index (κ3) is 4.97. The van der Waals surface area contributed by atoms with E-state index < -0.39 is 34.7 Å². The Morgan fingerprint density at radius 2 is 1.79 bits per heavy atom. The van der Waals surface area contributed by atoms with E-state index in [1.54, 1.807) is 39.0 Å². The lowest BCUT2D eigenvalue weighted by molar-refractivity contribution is -0.156. The number of hydrogen-bond donors (Lipinski definition) is 2. The summed E-state index contributed by atoms with van der Waals surface area (Å²) in [6.07, 6.45) is 1.01. The Labute approximate surface area is 231 Å². The van der Waals surface area contributed by atoms with Gasteiger partial charge < -0.3 is 15.2 Å². The smallest absolute Gasteiger partial charge is 0.328 e. The SMILES string of the molecule is COC(=O)C(Cc1ccc2nc(-c3c(Cl)cccc3Cl)ccc2c1)NC(=O)[C@H]1CC[C@@](C)(C(=O)O)C1(C)C. The lowest BCUT2D eigenvalue weighted by atomic mass is 9.65. The van der Waals surface area contributed by atoms with E-state index in [0.717, 1.165) is 16.5 Å². The number of halogens is 2. The quantitative estimate of drug-likeness (QED) is 0.349. The Morgan fingerprint density at radius 3 is 2.39 bits per heavy atom. The highest BCUT2D eigenvalue weighted by Gasteiger charge is 2.58. The van der Waals surface area contributed by atoms with Gasteiger partial charge in [-0.3, -0.25) is 9.59 Å². The van der Waals surface area contributed by atoms with Gasteiger partial charge in [0.2, 0.25) is 5.91 Å². The molecule has 3 aromatic rings. The summed E-state index contributed by atoms with van der Waals surface area (Å²) in [7, 11) is 1.27. The normalized spacial score (nSPS) is 21.2. The van der Waals surface area contributed by atoms with Gasteiger partial charge in [0.25, 0.3) is 0 Å². The summed E-state index contributed by atoms with van der Waals surface area (Å²) in [6, 6.07) is 13.7. The van der Waals surface area contributed by atoms with E-state index in [4.69, 9.17) is 32.9 Å². The van der Waals surface area contributed by atoms with Gasteiger partial charge in [0, 0.05) is 23.3 Å². The highest BCUT2D eigenvalue weighted by atomic mass is 35.5. The highest BCUT2D eigenvalue weighted by Crippen LogP contribution is 2.56. The third-order valence-corrected chi connectivity index (χ3v) is 8.86. The number of hydrogen-bond acceptors (Lipinski definition) is 5.